The third-order valence-corrected chi connectivity index (χ3v) is 2.64. The average Bonchev–Trinajstić information content (AvgIpc) is 2.59. The molecule has 5 nitrogen and oxygen atoms in total. The van der Waals surface area contributed by atoms with Gasteiger partial charge in [-0.05, 0) is 12.1 Å². The van der Waals surface area contributed by atoms with E-state index in [9.17, 15) is 9.59 Å². The highest BCUT2D eigenvalue weighted by molar-refractivity contribution is 6.35. The molecule has 2 aromatic heterocycles. The SMILES string of the molecule is O=c1[nH]c(=O)c2oc3c(Cl)cccc3c2[nH]1. The smallest absolute Gasteiger partial charge is 0.326 e. The Morgan fingerprint density at radius 3 is 2.75 bits per heavy atom. The molecule has 2 N–H and O–H groups in total. The second-order valence-electron chi connectivity index (χ2n) is 3.33. The number of furan rings is 1. The molecule has 0 aliphatic heterocycles. The number of hydrogen-bond acceptors (Lipinski definition) is 3. The van der Waals surface area contributed by atoms with Gasteiger partial charge in [-0.2, -0.15) is 0 Å². The van der Waals surface area contributed by atoms with Crippen LogP contribution in [0.5, 0.6) is 0 Å². The summed E-state index contributed by atoms with van der Waals surface area (Å²) >= 11 is 5.92. The standard InChI is InChI=1S/C10H5ClN2O3/c11-5-3-1-2-4-6-8(16-7(4)5)9(14)13-10(15)12-6/h1-3H,(H2,12,13,14,15). The zero-order valence-corrected chi connectivity index (χ0v) is 8.59. The van der Waals surface area contributed by atoms with E-state index in [-0.39, 0.29) is 5.58 Å². The van der Waals surface area contributed by atoms with Gasteiger partial charge in [-0.15, -0.1) is 0 Å². The van der Waals surface area contributed by atoms with Crippen LogP contribution >= 0.6 is 11.6 Å². The van der Waals surface area contributed by atoms with Crippen molar-refractivity contribution in [1.82, 2.24) is 9.97 Å². The Kier molecular flexibility index (Phi) is 1.73. The van der Waals surface area contributed by atoms with Gasteiger partial charge in [-0.3, -0.25) is 9.78 Å². The Labute approximate surface area is 92.7 Å². The maximum Gasteiger partial charge on any atom is 0.326 e. The minimum absolute atomic E-state index is 0.0719. The lowest BCUT2D eigenvalue weighted by Gasteiger charge is -1.89. The molecule has 80 valence electrons. The molecule has 6 heteroatoms. The third-order valence-electron chi connectivity index (χ3n) is 2.34. The molecule has 0 aliphatic rings. The highest BCUT2D eigenvalue weighted by atomic mass is 35.5. The molecule has 0 saturated carbocycles. The number of halogens is 1. The highest BCUT2D eigenvalue weighted by Crippen LogP contribution is 2.29. The van der Waals surface area contributed by atoms with Gasteiger partial charge in [0.15, 0.2) is 5.58 Å². The first-order valence-corrected chi connectivity index (χ1v) is 4.88. The van der Waals surface area contributed by atoms with E-state index in [2.05, 4.69) is 9.97 Å². The van der Waals surface area contributed by atoms with Crippen LogP contribution in [-0.2, 0) is 0 Å². The van der Waals surface area contributed by atoms with E-state index in [1.165, 1.54) is 0 Å². The summed E-state index contributed by atoms with van der Waals surface area (Å²) in [7, 11) is 0. The van der Waals surface area contributed by atoms with Gasteiger partial charge in [-0.1, -0.05) is 17.7 Å². The van der Waals surface area contributed by atoms with Gasteiger partial charge in [0.1, 0.15) is 5.52 Å². The second-order valence-corrected chi connectivity index (χ2v) is 3.74. The molecule has 0 spiro atoms. The number of H-pyrrole nitrogens is 2. The van der Waals surface area contributed by atoms with Crippen LogP contribution < -0.4 is 11.2 Å². The second kappa shape index (κ2) is 2.99. The first-order chi connectivity index (χ1) is 7.66. The maximum absolute atomic E-state index is 11.5. The lowest BCUT2D eigenvalue weighted by Crippen LogP contribution is -2.20. The maximum atomic E-state index is 11.5. The summed E-state index contributed by atoms with van der Waals surface area (Å²) in [5.74, 6) is 0. The number of benzene rings is 1. The molecular formula is C10H5ClN2O3. The molecule has 0 fully saturated rings. The fourth-order valence-electron chi connectivity index (χ4n) is 1.67. The summed E-state index contributed by atoms with van der Waals surface area (Å²) in [6, 6.07) is 5.10. The molecule has 0 radical (unpaired) electrons. The quantitative estimate of drug-likeness (QED) is 0.622. The Bertz CT molecular complexity index is 812. The van der Waals surface area contributed by atoms with E-state index in [0.29, 0.717) is 21.5 Å². The van der Waals surface area contributed by atoms with E-state index >= 15 is 0 Å². The molecule has 0 aliphatic carbocycles. The van der Waals surface area contributed by atoms with Gasteiger partial charge in [0, 0.05) is 5.39 Å². The van der Waals surface area contributed by atoms with Crippen LogP contribution in [0.3, 0.4) is 0 Å². The van der Waals surface area contributed by atoms with Crippen molar-refractivity contribution in [2.75, 3.05) is 0 Å². The number of hydrogen-bond donors (Lipinski definition) is 2. The number of para-hydroxylation sites is 1. The van der Waals surface area contributed by atoms with Crippen molar-refractivity contribution >= 4 is 33.7 Å². The number of aromatic amines is 2. The first-order valence-electron chi connectivity index (χ1n) is 4.50. The van der Waals surface area contributed by atoms with E-state index in [0.717, 1.165) is 0 Å². The molecule has 0 amide bonds. The molecule has 3 rings (SSSR count). The number of nitrogens with one attached hydrogen (secondary N) is 2. The van der Waals surface area contributed by atoms with Crippen molar-refractivity contribution in [1.29, 1.82) is 0 Å². The highest BCUT2D eigenvalue weighted by Gasteiger charge is 2.12. The predicted molar refractivity (Wildman–Crippen MR) is 60.0 cm³/mol. The van der Waals surface area contributed by atoms with Crippen LogP contribution in [-0.4, -0.2) is 9.97 Å². The van der Waals surface area contributed by atoms with E-state index in [1.54, 1.807) is 18.2 Å². The van der Waals surface area contributed by atoms with Gasteiger partial charge < -0.3 is 9.40 Å². The molecule has 2 heterocycles. The molecule has 1 aromatic carbocycles. The molecule has 16 heavy (non-hydrogen) atoms. The minimum atomic E-state index is -0.569. The lowest BCUT2D eigenvalue weighted by atomic mass is 10.2. The Hall–Kier alpha value is -2.01. The molecule has 0 unspecified atom stereocenters. The molecule has 0 atom stereocenters. The molecule has 0 saturated heterocycles. The van der Waals surface area contributed by atoms with Crippen molar-refractivity contribution in [2.24, 2.45) is 0 Å². The Balaban J connectivity index is 2.72. The zero-order chi connectivity index (χ0) is 11.3. The molecule has 0 bridgehead atoms. The monoisotopic (exact) mass is 236 g/mol. The van der Waals surface area contributed by atoms with E-state index < -0.39 is 11.2 Å². The summed E-state index contributed by atoms with van der Waals surface area (Å²) < 4.78 is 5.32. The van der Waals surface area contributed by atoms with E-state index in [4.69, 9.17) is 16.0 Å². The van der Waals surface area contributed by atoms with Crippen molar-refractivity contribution in [2.45, 2.75) is 0 Å². The van der Waals surface area contributed by atoms with Gasteiger partial charge >= 0.3 is 5.69 Å². The van der Waals surface area contributed by atoms with Crippen LogP contribution in [0.2, 0.25) is 5.02 Å². The normalized spacial score (nSPS) is 11.3. The van der Waals surface area contributed by atoms with Crippen LogP contribution in [0.25, 0.3) is 22.1 Å². The Morgan fingerprint density at radius 2 is 1.94 bits per heavy atom. The summed E-state index contributed by atoms with van der Waals surface area (Å²) in [5, 5.41) is 1.01. The largest absolute Gasteiger partial charge is 0.447 e. The van der Waals surface area contributed by atoms with Crippen molar-refractivity contribution in [3.63, 3.8) is 0 Å². The number of fused-ring (bicyclic) bond motifs is 3. The van der Waals surface area contributed by atoms with Gasteiger partial charge in [0.25, 0.3) is 5.56 Å². The van der Waals surface area contributed by atoms with Crippen LogP contribution in [0.4, 0.5) is 0 Å². The van der Waals surface area contributed by atoms with Crippen molar-refractivity contribution < 1.29 is 4.42 Å². The minimum Gasteiger partial charge on any atom is -0.447 e. The fourth-order valence-corrected chi connectivity index (χ4v) is 1.89. The van der Waals surface area contributed by atoms with Crippen LogP contribution in [0.15, 0.2) is 32.2 Å². The fraction of sp³-hybridized carbons (Fsp3) is 0. The lowest BCUT2D eigenvalue weighted by molar-refractivity contribution is 0.660. The predicted octanol–water partition coefficient (Wildman–Crippen LogP) is 1.62. The summed E-state index contributed by atoms with van der Waals surface area (Å²) in [6.07, 6.45) is 0. The summed E-state index contributed by atoms with van der Waals surface area (Å²) in [6.45, 7) is 0. The molecular weight excluding hydrogens is 232 g/mol. The van der Waals surface area contributed by atoms with Crippen LogP contribution in [0, 0.1) is 0 Å². The van der Waals surface area contributed by atoms with Gasteiger partial charge in [0.05, 0.1) is 5.02 Å². The molecule has 3 aromatic rings. The van der Waals surface area contributed by atoms with Crippen molar-refractivity contribution in [3.8, 4) is 0 Å². The third kappa shape index (κ3) is 1.12. The number of aromatic nitrogens is 2. The van der Waals surface area contributed by atoms with Gasteiger partial charge in [-0.25, -0.2) is 4.79 Å². The Morgan fingerprint density at radius 1 is 1.12 bits per heavy atom. The van der Waals surface area contributed by atoms with Gasteiger partial charge in [0.2, 0.25) is 5.58 Å². The average molecular weight is 237 g/mol. The zero-order valence-electron chi connectivity index (χ0n) is 7.83. The topological polar surface area (TPSA) is 78.9 Å². The van der Waals surface area contributed by atoms with Crippen molar-refractivity contribution in [3.05, 3.63) is 44.1 Å². The number of rotatable bonds is 0. The van der Waals surface area contributed by atoms with Crippen LogP contribution in [0.1, 0.15) is 0 Å². The van der Waals surface area contributed by atoms with E-state index in [1.807, 2.05) is 0 Å². The summed E-state index contributed by atoms with van der Waals surface area (Å²) in [5.41, 5.74) is -0.299. The first kappa shape index (κ1) is 9.23. The summed E-state index contributed by atoms with van der Waals surface area (Å²) in [4.78, 5) is 27.2.